The number of aryl methyl sites for hydroxylation is 2. The molecule has 0 N–H and O–H groups in total. The summed E-state index contributed by atoms with van der Waals surface area (Å²) in [4.78, 5) is 23.4. The van der Waals surface area contributed by atoms with Crippen LogP contribution < -0.4 is 0 Å². The quantitative estimate of drug-likeness (QED) is 0.584. The van der Waals surface area contributed by atoms with E-state index in [1.807, 2.05) is 32.0 Å². The van der Waals surface area contributed by atoms with Gasteiger partial charge in [0.05, 0.1) is 4.90 Å². The Labute approximate surface area is 188 Å². The van der Waals surface area contributed by atoms with Gasteiger partial charge in [-0.15, -0.1) is 5.10 Å². The van der Waals surface area contributed by atoms with Gasteiger partial charge in [-0.25, -0.2) is 17.9 Å². The van der Waals surface area contributed by atoms with Crippen LogP contribution in [0.4, 0.5) is 0 Å². The van der Waals surface area contributed by atoms with Crippen LogP contribution in [0.25, 0.3) is 5.78 Å². The van der Waals surface area contributed by atoms with Crippen molar-refractivity contribution in [2.24, 2.45) is 0 Å². The standard InChI is InChI=1S/C22H28N6O3S/c1-5-15(2)18-6-8-19(9-7-18)32(30,31)27-12-10-26(11-13-27)21(29)20-24-22-23-16(3)14-17(4)28(22)25-20/h6-9,14-15H,5,10-13H2,1-4H3. The average molecular weight is 457 g/mol. The van der Waals surface area contributed by atoms with Crippen LogP contribution in [0.1, 0.15) is 53.8 Å². The number of rotatable bonds is 5. The molecule has 170 valence electrons. The van der Waals surface area contributed by atoms with Crippen LogP contribution in [0.5, 0.6) is 0 Å². The molecule has 1 unspecified atom stereocenters. The Balaban J connectivity index is 1.45. The highest BCUT2D eigenvalue weighted by atomic mass is 32.2. The normalized spacial score (nSPS) is 16.4. The minimum atomic E-state index is -3.61. The number of carbonyl (C=O) groups is 1. The number of carbonyl (C=O) groups excluding carboxylic acids is 1. The van der Waals surface area contributed by atoms with Crippen molar-refractivity contribution in [2.75, 3.05) is 26.2 Å². The van der Waals surface area contributed by atoms with E-state index in [9.17, 15) is 13.2 Å². The number of nitrogens with zero attached hydrogens (tertiary/aromatic N) is 6. The Kier molecular flexibility index (Phi) is 6.00. The summed E-state index contributed by atoms with van der Waals surface area (Å²) in [5.74, 6) is 0.524. The molecule has 3 aromatic rings. The largest absolute Gasteiger partial charge is 0.333 e. The van der Waals surface area contributed by atoms with E-state index in [0.29, 0.717) is 11.7 Å². The van der Waals surface area contributed by atoms with Gasteiger partial charge in [-0.3, -0.25) is 4.79 Å². The fourth-order valence-corrected chi connectivity index (χ4v) is 5.31. The van der Waals surface area contributed by atoms with Crippen molar-refractivity contribution in [3.05, 3.63) is 53.1 Å². The minimum absolute atomic E-state index is 0.0724. The monoisotopic (exact) mass is 456 g/mol. The number of hydrogen-bond acceptors (Lipinski definition) is 6. The highest BCUT2D eigenvalue weighted by Crippen LogP contribution is 2.23. The molecule has 4 rings (SSSR count). The number of hydrogen-bond donors (Lipinski definition) is 0. The van der Waals surface area contributed by atoms with Crippen LogP contribution in [0.3, 0.4) is 0 Å². The zero-order valence-electron chi connectivity index (χ0n) is 18.8. The third kappa shape index (κ3) is 4.12. The first kappa shape index (κ1) is 22.3. The van der Waals surface area contributed by atoms with E-state index in [1.165, 1.54) is 4.31 Å². The molecule has 10 heteroatoms. The Morgan fingerprint density at radius 2 is 1.72 bits per heavy atom. The van der Waals surface area contributed by atoms with Crippen molar-refractivity contribution in [1.82, 2.24) is 28.8 Å². The van der Waals surface area contributed by atoms with E-state index >= 15 is 0 Å². The van der Waals surface area contributed by atoms with Gasteiger partial charge in [0.25, 0.3) is 11.7 Å². The van der Waals surface area contributed by atoms with E-state index in [-0.39, 0.29) is 42.8 Å². The zero-order chi connectivity index (χ0) is 23.0. The highest BCUT2D eigenvalue weighted by Gasteiger charge is 2.31. The van der Waals surface area contributed by atoms with Crippen LogP contribution >= 0.6 is 0 Å². The molecule has 0 bridgehead atoms. The first-order chi connectivity index (χ1) is 15.2. The van der Waals surface area contributed by atoms with Gasteiger partial charge in [0.15, 0.2) is 0 Å². The van der Waals surface area contributed by atoms with Crippen molar-refractivity contribution < 1.29 is 13.2 Å². The van der Waals surface area contributed by atoms with Gasteiger partial charge in [0.1, 0.15) is 0 Å². The number of amides is 1. The molecule has 0 spiro atoms. The number of sulfonamides is 1. The topological polar surface area (TPSA) is 101 Å². The Hall–Kier alpha value is -2.85. The van der Waals surface area contributed by atoms with Crippen molar-refractivity contribution in [2.45, 2.75) is 44.9 Å². The SMILES string of the molecule is CCC(C)c1ccc(S(=O)(=O)N2CCN(C(=O)c3nc4nc(C)cc(C)n4n3)CC2)cc1. The maximum atomic E-state index is 13.1. The molecular weight excluding hydrogens is 428 g/mol. The maximum absolute atomic E-state index is 13.1. The first-order valence-corrected chi connectivity index (χ1v) is 12.2. The second-order valence-corrected chi connectivity index (χ2v) is 10.2. The molecule has 0 aliphatic carbocycles. The smallest absolute Gasteiger partial charge is 0.293 e. The van der Waals surface area contributed by atoms with E-state index in [1.54, 1.807) is 21.5 Å². The number of benzene rings is 1. The summed E-state index contributed by atoms with van der Waals surface area (Å²) in [7, 11) is -3.61. The van der Waals surface area contributed by atoms with E-state index in [2.05, 4.69) is 28.9 Å². The van der Waals surface area contributed by atoms with Gasteiger partial charge >= 0.3 is 0 Å². The van der Waals surface area contributed by atoms with E-state index in [4.69, 9.17) is 0 Å². The summed E-state index contributed by atoms with van der Waals surface area (Å²) in [6, 6.07) is 8.98. The van der Waals surface area contributed by atoms with Gasteiger partial charge in [0, 0.05) is 37.6 Å². The van der Waals surface area contributed by atoms with Gasteiger partial charge < -0.3 is 4.90 Å². The average Bonchev–Trinajstić information content (AvgIpc) is 3.22. The predicted octanol–water partition coefficient (Wildman–Crippen LogP) is 2.40. The molecule has 0 saturated carbocycles. The molecular formula is C22H28N6O3S. The molecule has 1 amide bonds. The molecule has 3 heterocycles. The lowest BCUT2D eigenvalue weighted by molar-refractivity contribution is 0.0686. The number of piperazine rings is 1. The van der Waals surface area contributed by atoms with Gasteiger partial charge in [-0.05, 0) is 49.9 Å². The maximum Gasteiger partial charge on any atom is 0.293 e. The summed E-state index contributed by atoms with van der Waals surface area (Å²) in [6.45, 7) is 8.99. The second-order valence-electron chi connectivity index (χ2n) is 8.26. The van der Waals surface area contributed by atoms with Crippen molar-refractivity contribution >= 4 is 21.7 Å². The third-order valence-electron chi connectivity index (χ3n) is 6.03. The van der Waals surface area contributed by atoms with Gasteiger partial charge in [0.2, 0.25) is 15.8 Å². The summed E-state index contributed by atoms with van der Waals surface area (Å²) in [5, 5.41) is 4.29. The van der Waals surface area contributed by atoms with Crippen LogP contribution in [-0.4, -0.2) is 69.3 Å². The molecule has 32 heavy (non-hydrogen) atoms. The zero-order valence-corrected chi connectivity index (χ0v) is 19.6. The summed E-state index contributed by atoms with van der Waals surface area (Å²) in [6.07, 6.45) is 0.999. The predicted molar refractivity (Wildman–Crippen MR) is 120 cm³/mol. The molecule has 1 saturated heterocycles. The van der Waals surface area contributed by atoms with Crippen LogP contribution in [0.15, 0.2) is 35.2 Å². The Bertz CT molecular complexity index is 1240. The lowest BCUT2D eigenvalue weighted by Crippen LogP contribution is -2.50. The lowest BCUT2D eigenvalue weighted by Gasteiger charge is -2.33. The van der Waals surface area contributed by atoms with E-state index < -0.39 is 10.0 Å². The van der Waals surface area contributed by atoms with Crippen LogP contribution in [-0.2, 0) is 10.0 Å². The van der Waals surface area contributed by atoms with Gasteiger partial charge in [-0.2, -0.15) is 9.29 Å². The molecule has 1 atom stereocenters. The molecule has 0 radical (unpaired) electrons. The van der Waals surface area contributed by atoms with Crippen LogP contribution in [0.2, 0.25) is 0 Å². The highest BCUT2D eigenvalue weighted by molar-refractivity contribution is 7.89. The van der Waals surface area contributed by atoms with Crippen molar-refractivity contribution in [3.63, 3.8) is 0 Å². The van der Waals surface area contributed by atoms with Crippen molar-refractivity contribution in [1.29, 1.82) is 0 Å². The summed E-state index contributed by atoms with van der Waals surface area (Å²) < 4.78 is 29.1. The van der Waals surface area contributed by atoms with Gasteiger partial charge in [-0.1, -0.05) is 26.0 Å². The molecule has 1 fully saturated rings. The molecule has 1 aromatic carbocycles. The van der Waals surface area contributed by atoms with E-state index in [0.717, 1.165) is 23.4 Å². The fourth-order valence-electron chi connectivity index (χ4n) is 3.88. The first-order valence-electron chi connectivity index (χ1n) is 10.8. The molecule has 1 aliphatic rings. The lowest BCUT2D eigenvalue weighted by atomic mass is 9.99. The number of fused-ring (bicyclic) bond motifs is 1. The third-order valence-corrected chi connectivity index (χ3v) is 7.95. The summed E-state index contributed by atoms with van der Waals surface area (Å²) >= 11 is 0. The molecule has 1 aliphatic heterocycles. The minimum Gasteiger partial charge on any atom is -0.333 e. The van der Waals surface area contributed by atoms with Crippen molar-refractivity contribution in [3.8, 4) is 0 Å². The molecule has 2 aromatic heterocycles. The second kappa shape index (κ2) is 8.59. The Morgan fingerprint density at radius 3 is 2.34 bits per heavy atom. The Morgan fingerprint density at radius 1 is 1.06 bits per heavy atom. The fraction of sp³-hybridized carbons (Fsp3) is 0.455. The number of aromatic nitrogens is 4. The molecule has 9 nitrogen and oxygen atoms in total. The van der Waals surface area contributed by atoms with Crippen LogP contribution in [0, 0.1) is 13.8 Å². The summed E-state index contributed by atoms with van der Waals surface area (Å²) in [5.41, 5.74) is 2.77.